The minimum atomic E-state index is 0.0554. The molecule has 0 N–H and O–H groups in total. The molecule has 0 saturated carbocycles. The first-order chi connectivity index (χ1) is 14.7. The maximum atomic E-state index is 6.40. The highest BCUT2D eigenvalue weighted by atomic mass is 35.5. The fourth-order valence-corrected chi connectivity index (χ4v) is 4.13. The van der Waals surface area contributed by atoms with E-state index in [0.29, 0.717) is 0 Å². The Morgan fingerprint density at radius 2 is 1.60 bits per heavy atom. The van der Waals surface area contributed by atoms with Crippen molar-refractivity contribution in [3.05, 3.63) is 95.0 Å². The monoisotopic (exact) mass is 420 g/mol. The summed E-state index contributed by atoms with van der Waals surface area (Å²) < 4.78 is 6.40. The Balaban J connectivity index is 1.35. The number of hydrogen-bond acceptors (Lipinski definition) is 3. The second kappa shape index (κ2) is 10.0. The van der Waals surface area contributed by atoms with E-state index >= 15 is 0 Å². The van der Waals surface area contributed by atoms with Crippen LogP contribution in [0, 0.1) is 6.92 Å². The lowest BCUT2D eigenvalue weighted by molar-refractivity contribution is 0.160. The van der Waals surface area contributed by atoms with Crippen molar-refractivity contribution in [2.45, 2.75) is 19.4 Å². The minimum Gasteiger partial charge on any atom is -0.486 e. The number of ether oxygens (including phenoxy) is 1. The largest absolute Gasteiger partial charge is 0.486 e. The van der Waals surface area contributed by atoms with Crippen molar-refractivity contribution < 1.29 is 4.74 Å². The van der Waals surface area contributed by atoms with Gasteiger partial charge in [-0.2, -0.15) is 0 Å². The fraction of sp³-hybridized carbons (Fsp3) is 0.308. The highest BCUT2D eigenvalue weighted by Gasteiger charge is 2.20. The van der Waals surface area contributed by atoms with Gasteiger partial charge in [-0.25, -0.2) is 0 Å². The Morgan fingerprint density at radius 3 is 2.30 bits per heavy atom. The van der Waals surface area contributed by atoms with Crippen molar-refractivity contribution in [3.63, 3.8) is 0 Å². The molecular weight excluding hydrogens is 392 g/mol. The topological polar surface area (TPSA) is 15.7 Å². The molecule has 1 fully saturated rings. The average Bonchev–Trinajstić information content (AvgIpc) is 2.79. The van der Waals surface area contributed by atoms with E-state index in [1.165, 1.54) is 16.8 Å². The van der Waals surface area contributed by atoms with Crippen LogP contribution in [-0.4, -0.2) is 37.6 Å². The van der Waals surface area contributed by atoms with Gasteiger partial charge in [0.1, 0.15) is 11.9 Å². The van der Waals surface area contributed by atoms with Gasteiger partial charge in [-0.05, 0) is 42.8 Å². The van der Waals surface area contributed by atoms with Crippen molar-refractivity contribution in [1.29, 1.82) is 0 Å². The second-order valence-corrected chi connectivity index (χ2v) is 8.36. The van der Waals surface area contributed by atoms with Crippen LogP contribution in [-0.2, 0) is 0 Å². The molecule has 4 rings (SSSR count). The van der Waals surface area contributed by atoms with Gasteiger partial charge >= 0.3 is 0 Å². The third kappa shape index (κ3) is 5.56. The van der Waals surface area contributed by atoms with E-state index in [1.807, 2.05) is 12.1 Å². The molecule has 1 aliphatic rings. The molecule has 0 amide bonds. The first-order valence-corrected chi connectivity index (χ1v) is 11.1. The molecule has 1 aliphatic heterocycles. The number of aryl methyl sites for hydroxylation is 1. The zero-order valence-corrected chi connectivity index (χ0v) is 18.3. The predicted molar refractivity (Wildman–Crippen MR) is 126 cm³/mol. The van der Waals surface area contributed by atoms with Crippen molar-refractivity contribution in [1.82, 2.24) is 4.90 Å². The molecule has 1 unspecified atom stereocenters. The number of rotatable bonds is 7. The normalized spacial score (nSPS) is 15.7. The molecule has 3 nitrogen and oxygen atoms in total. The van der Waals surface area contributed by atoms with E-state index in [9.17, 15) is 0 Å². The summed E-state index contributed by atoms with van der Waals surface area (Å²) in [7, 11) is 0. The predicted octanol–water partition coefficient (Wildman–Crippen LogP) is 5.98. The van der Waals surface area contributed by atoms with Gasteiger partial charge in [0.25, 0.3) is 0 Å². The lowest BCUT2D eigenvalue weighted by Gasteiger charge is -2.36. The molecule has 1 heterocycles. The average molecular weight is 421 g/mol. The molecule has 3 aromatic rings. The third-order valence-electron chi connectivity index (χ3n) is 5.72. The summed E-state index contributed by atoms with van der Waals surface area (Å²) >= 11 is 6.16. The fourth-order valence-electron chi connectivity index (χ4n) is 3.94. The van der Waals surface area contributed by atoms with Crippen LogP contribution in [0.15, 0.2) is 78.9 Å². The van der Waals surface area contributed by atoms with Crippen LogP contribution in [0.3, 0.4) is 0 Å². The van der Waals surface area contributed by atoms with Crippen LogP contribution in [0.1, 0.15) is 23.7 Å². The van der Waals surface area contributed by atoms with Crippen LogP contribution in [0.25, 0.3) is 0 Å². The lowest BCUT2D eigenvalue weighted by atomic mass is 10.1. The molecule has 0 radical (unpaired) electrons. The van der Waals surface area contributed by atoms with E-state index in [1.54, 1.807) is 0 Å². The molecule has 0 spiro atoms. The van der Waals surface area contributed by atoms with Gasteiger partial charge in [0.05, 0.1) is 0 Å². The van der Waals surface area contributed by atoms with E-state index < -0.39 is 0 Å². The number of benzene rings is 3. The number of hydrogen-bond donors (Lipinski definition) is 0. The Hall–Kier alpha value is -2.49. The molecular formula is C26H29ClN2O. The van der Waals surface area contributed by atoms with E-state index in [4.69, 9.17) is 16.3 Å². The molecule has 30 heavy (non-hydrogen) atoms. The second-order valence-electron chi connectivity index (χ2n) is 7.93. The van der Waals surface area contributed by atoms with E-state index in [-0.39, 0.29) is 6.10 Å². The van der Waals surface area contributed by atoms with Crippen LogP contribution in [0.5, 0.6) is 5.75 Å². The molecule has 4 heteroatoms. The van der Waals surface area contributed by atoms with Crippen LogP contribution < -0.4 is 9.64 Å². The van der Waals surface area contributed by atoms with Gasteiger partial charge < -0.3 is 9.64 Å². The third-order valence-corrected chi connectivity index (χ3v) is 5.96. The Morgan fingerprint density at radius 1 is 0.867 bits per heavy atom. The highest BCUT2D eigenvalue weighted by molar-refractivity contribution is 6.30. The molecule has 0 aromatic heterocycles. The van der Waals surface area contributed by atoms with Crippen molar-refractivity contribution >= 4 is 17.3 Å². The maximum absolute atomic E-state index is 6.40. The van der Waals surface area contributed by atoms with Gasteiger partial charge in [-0.3, -0.25) is 4.90 Å². The van der Waals surface area contributed by atoms with Crippen molar-refractivity contribution in [2.24, 2.45) is 0 Å². The zero-order chi connectivity index (χ0) is 20.8. The minimum absolute atomic E-state index is 0.0554. The SMILES string of the molecule is Cc1ccc(OC(CCN2CCN(c3cccc(Cl)c3)CC2)c2ccccc2)cc1. The summed E-state index contributed by atoms with van der Waals surface area (Å²) in [6.07, 6.45) is 1.02. The first-order valence-electron chi connectivity index (χ1n) is 10.7. The number of halogens is 1. The summed E-state index contributed by atoms with van der Waals surface area (Å²) in [6.45, 7) is 7.28. The Labute approximate surface area is 184 Å². The molecule has 3 aromatic carbocycles. The van der Waals surface area contributed by atoms with Crippen LogP contribution in [0.2, 0.25) is 5.02 Å². The Bertz CT molecular complexity index is 921. The van der Waals surface area contributed by atoms with Gasteiger partial charge in [0, 0.05) is 49.9 Å². The number of nitrogens with zero attached hydrogens (tertiary/aromatic N) is 2. The standard InChI is InChI=1S/C26H29ClN2O/c1-21-10-12-25(13-11-21)30-26(22-6-3-2-4-7-22)14-15-28-16-18-29(19-17-28)24-9-5-8-23(27)20-24/h2-13,20,26H,14-19H2,1H3. The van der Waals surface area contributed by atoms with E-state index in [2.05, 4.69) is 83.5 Å². The summed E-state index contributed by atoms with van der Waals surface area (Å²) in [5.41, 5.74) is 3.69. The summed E-state index contributed by atoms with van der Waals surface area (Å²) in [5, 5.41) is 0.800. The number of anilines is 1. The molecule has 1 atom stereocenters. The molecule has 1 saturated heterocycles. The smallest absolute Gasteiger partial charge is 0.125 e. The van der Waals surface area contributed by atoms with Gasteiger partial charge in [0.2, 0.25) is 0 Å². The molecule has 0 bridgehead atoms. The zero-order valence-electron chi connectivity index (χ0n) is 17.5. The summed E-state index contributed by atoms with van der Waals surface area (Å²) in [5.74, 6) is 0.931. The first kappa shape index (κ1) is 20.8. The summed E-state index contributed by atoms with van der Waals surface area (Å²) in [4.78, 5) is 4.95. The highest BCUT2D eigenvalue weighted by Crippen LogP contribution is 2.26. The summed E-state index contributed by atoms with van der Waals surface area (Å²) in [6, 6.07) is 27.0. The lowest BCUT2D eigenvalue weighted by Crippen LogP contribution is -2.46. The van der Waals surface area contributed by atoms with Gasteiger partial charge in [-0.15, -0.1) is 0 Å². The Kier molecular flexibility index (Phi) is 6.93. The van der Waals surface area contributed by atoms with Crippen LogP contribution in [0.4, 0.5) is 5.69 Å². The van der Waals surface area contributed by atoms with Crippen molar-refractivity contribution in [3.8, 4) is 5.75 Å². The van der Waals surface area contributed by atoms with Crippen LogP contribution >= 0.6 is 11.6 Å². The van der Waals surface area contributed by atoms with E-state index in [0.717, 1.165) is 49.9 Å². The van der Waals surface area contributed by atoms with Gasteiger partial charge in [-0.1, -0.05) is 65.7 Å². The quantitative estimate of drug-likeness (QED) is 0.467. The van der Waals surface area contributed by atoms with Gasteiger partial charge in [0.15, 0.2) is 0 Å². The van der Waals surface area contributed by atoms with Crippen molar-refractivity contribution in [2.75, 3.05) is 37.6 Å². The molecule has 156 valence electrons. The maximum Gasteiger partial charge on any atom is 0.125 e. The molecule has 0 aliphatic carbocycles. The number of piperazine rings is 1.